The van der Waals surface area contributed by atoms with Crippen LogP contribution in [0.5, 0.6) is 0 Å². The lowest BCUT2D eigenvalue weighted by Gasteiger charge is -2.41. The highest BCUT2D eigenvalue weighted by Crippen LogP contribution is 2.14. The molecule has 0 amide bonds. The van der Waals surface area contributed by atoms with Gasteiger partial charge in [-0.05, 0) is 27.7 Å². The van der Waals surface area contributed by atoms with Gasteiger partial charge in [0, 0.05) is 6.61 Å². The van der Waals surface area contributed by atoms with E-state index in [1.807, 2.05) is 6.92 Å². The van der Waals surface area contributed by atoms with Gasteiger partial charge >= 0.3 is 0 Å². The molecule has 0 aromatic heterocycles. The average molecular weight is 189 g/mol. The molecule has 0 fully saturated rings. The van der Waals surface area contributed by atoms with Crippen LogP contribution in [0.25, 0.3) is 0 Å². The molecular formula is C10H25N2O+. The van der Waals surface area contributed by atoms with E-state index in [1.54, 1.807) is 0 Å². The number of ether oxygens (including phenoxy) is 1. The first-order valence-corrected chi connectivity index (χ1v) is 4.98. The highest BCUT2D eigenvalue weighted by atomic mass is 16.5. The second kappa shape index (κ2) is 4.94. The van der Waals surface area contributed by atoms with Gasteiger partial charge < -0.3 is 4.74 Å². The van der Waals surface area contributed by atoms with Crippen LogP contribution in [-0.4, -0.2) is 44.0 Å². The van der Waals surface area contributed by atoms with E-state index in [9.17, 15) is 0 Å². The van der Waals surface area contributed by atoms with Crippen molar-refractivity contribution in [3.63, 3.8) is 0 Å². The zero-order valence-corrected chi connectivity index (χ0v) is 9.98. The quantitative estimate of drug-likeness (QED) is 0.401. The Balaban J connectivity index is 3.77. The Labute approximate surface area is 82.6 Å². The fourth-order valence-electron chi connectivity index (χ4n) is 0.779. The van der Waals surface area contributed by atoms with Crippen LogP contribution in [0.1, 0.15) is 27.7 Å². The maximum Gasteiger partial charge on any atom is 0.108 e. The van der Waals surface area contributed by atoms with Gasteiger partial charge in [0.2, 0.25) is 0 Å². The van der Waals surface area contributed by atoms with Crippen LogP contribution in [0.2, 0.25) is 0 Å². The topological polar surface area (TPSA) is 21.3 Å². The van der Waals surface area contributed by atoms with Crippen molar-refractivity contribution in [2.24, 2.45) is 0 Å². The second-order valence-corrected chi connectivity index (χ2v) is 4.73. The number of nitrogens with zero attached hydrogens (tertiary/aromatic N) is 1. The van der Waals surface area contributed by atoms with Crippen molar-refractivity contribution in [3.05, 3.63) is 0 Å². The molecule has 0 spiro atoms. The molecule has 13 heavy (non-hydrogen) atoms. The summed E-state index contributed by atoms with van der Waals surface area (Å²) in [6.07, 6.45) is 0. The molecule has 0 aromatic rings. The molecule has 3 heteroatoms. The Kier molecular flexibility index (Phi) is 4.89. The molecule has 3 nitrogen and oxygen atoms in total. The SMILES string of the molecule is CCOCCN[N+](C)(C)C(C)(C)C. The van der Waals surface area contributed by atoms with Crippen molar-refractivity contribution >= 4 is 0 Å². The average Bonchev–Trinajstić information content (AvgIpc) is 1.96. The van der Waals surface area contributed by atoms with Crippen LogP contribution in [0.3, 0.4) is 0 Å². The van der Waals surface area contributed by atoms with Crippen LogP contribution < -0.4 is 5.43 Å². The molecule has 0 saturated carbocycles. The van der Waals surface area contributed by atoms with Crippen LogP contribution in [0.15, 0.2) is 0 Å². The number of hydrogen-bond acceptors (Lipinski definition) is 2. The zero-order chi connectivity index (χ0) is 10.5. The van der Waals surface area contributed by atoms with Gasteiger partial charge in [-0.3, -0.25) is 0 Å². The summed E-state index contributed by atoms with van der Waals surface area (Å²) in [5, 5.41) is 0. The van der Waals surface area contributed by atoms with Gasteiger partial charge in [-0.25, -0.2) is 4.59 Å². The van der Waals surface area contributed by atoms with E-state index in [0.717, 1.165) is 24.4 Å². The summed E-state index contributed by atoms with van der Waals surface area (Å²) in [4.78, 5) is 0. The molecule has 0 atom stereocenters. The van der Waals surface area contributed by atoms with Crippen molar-refractivity contribution in [2.45, 2.75) is 33.2 Å². The van der Waals surface area contributed by atoms with Gasteiger partial charge in [0.15, 0.2) is 0 Å². The lowest BCUT2D eigenvalue weighted by molar-refractivity contribution is -0.976. The lowest BCUT2D eigenvalue weighted by Crippen LogP contribution is -2.63. The van der Waals surface area contributed by atoms with Gasteiger partial charge in [0.05, 0.1) is 27.2 Å². The van der Waals surface area contributed by atoms with Crippen LogP contribution in [0.4, 0.5) is 0 Å². The van der Waals surface area contributed by atoms with Gasteiger partial charge in [-0.15, -0.1) is 0 Å². The van der Waals surface area contributed by atoms with E-state index < -0.39 is 0 Å². The maximum atomic E-state index is 5.27. The standard InChI is InChI=1S/C10H25N2O/c1-7-13-9-8-11-12(5,6)10(2,3)4/h11H,7-9H2,1-6H3/q+1. The molecule has 1 N–H and O–H groups in total. The Hall–Kier alpha value is -0.120. The monoisotopic (exact) mass is 189 g/mol. The van der Waals surface area contributed by atoms with Crippen molar-refractivity contribution in [2.75, 3.05) is 33.9 Å². The summed E-state index contributed by atoms with van der Waals surface area (Å²) < 4.78 is 6.07. The first-order valence-electron chi connectivity index (χ1n) is 4.98. The summed E-state index contributed by atoms with van der Waals surface area (Å²) in [6, 6.07) is 0. The lowest BCUT2D eigenvalue weighted by atomic mass is 10.1. The minimum absolute atomic E-state index is 0.214. The maximum absolute atomic E-state index is 5.27. The van der Waals surface area contributed by atoms with Crippen LogP contribution in [0, 0.1) is 0 Å². The fraction of sp³-hybridized carbons (Fsp3) is 1.00. The van der Waals surface area contributed by atoms with Gasteiger partial charge in [-0.2, -0.15) is 5.43 Å². The van der Waals surface area contributed by atoms with Crippen molar-refractivity contribution in [3.8, 4) is 0 Å². The smallest absolute Gasteiger partial charge is 0.108 e. The molecule has 0 saturated heterocycles. The molecule has 0 aromatic carbocycles. The van der Waals surface area contributed by atoms with E-state index in [-0.39, 0.29) is 5.54 Å². The van der Waals surface area contributed by atoms with E-state index in [0.29, 0.717) is 0 Å². The highest BCUT2D eigenvalue weighted by molar-refractivity contribution is 4.58. The number of nitrogens with one attached hydrogen (secondary N) is 1. The molecular weight excluding hydrogens is 164 g/mol. The summed E-state index contributed by atoms with van der Waals surface area (Å²) in [7, 11) is 4.35. The van der Waals surface area contributed by atoms with E-state index in [4.69, 9.17) is 4.74 Å². The van der Waals surface area contributed by atoms with Crippen molar-refractivity contribution in [1.82, 2.24) is 5.43 Å². The predicted octanol–water partition coefficient (Wildman–Crippen LogP) is 1.40. The number of hydrogen-bond donors (Lipinski definition) is 1. The molecule has 0 unspecified atom stereocenters. The Bertz CT molecular complexity index is 138. The molecule has 0 aliphatic carbocycles. The summed E-state index contributed by atoms with van der Waals surface area (Å²) in [6.45, 7) is 11.2. The molecule has 0 aliphatic rings. The third-order valence-electron chi connectivity index (χ3n) is 2.63. The van der Waals surface area contributed by atoms with E-state index in [1.165, 1.54) is 0 Å². The molecule has 0 bridgehead atoms. The molecule has 80 valence electrons. The first kappa shape index (κ1) is 12.9. The van der Waals surface area contributed by atoms with Gasteiger partial charge in [0.1, 0.15) is 5.54 Å². The zero-order valence-electron chi connectivity index (χ0n) is 9.98. The number of quaternary nitrogens is 1. The van der Waals surface area contributed by atoms with Crippen LogP contribution >= 0.6 is 0 Å². The Morgan fingerprint density at radius 2 is 1.77 bits per heavy atom. The van der Waals surface area contributed by atoms with Crippen LogP contribution in [-0.2, 0) is 4.74 Å². The highest BCUT2D eigenvalue weighted by Gasteiger charge is 2.31. The summed E-state index contributed by atoms with van der Waals surface area (Å²) >= 11 is 0. The number of rotatable bonds is 5. The first-order chi connectivity index (χ1) is 5.81. The Morgan fingerprint density at radius 3 is 2.15 bits per heavy atom. The Morgan fingerprint density at radius 1 is 1.23 bits per heavy atom. The normalized spacial score (nSPS) is 13.4. The van der Waals surface area contributed by atoms with Crippen molar-refractivity contribution < 1.29 is 9.33 Å². The fourth-order valence-corrected chi connectivity index (χ4v) is 0.779. The largest absolute Gasteiger partial charge is 0.380 e. The van der Waals surface area contributed by atoms with Gasteiger partial charge in [0.25, 0.3) is 0 Å². The van der Waals surface area contributed by atoms with Crippen molar-refractivity contribution in [1.29, 1.82) is 0 Å². The third-order valence-corrected chi connectivity index (χ3v) is 2.63. The second-order valence-electron chi connectivity index (χ2n) is 4.73. The summed E-state index contributed by atoms with van der Waals surface area (Å²) in [5.41, 5.74) is 3.66. The molecule has 0 heterocycles. The van der Waals surface area contributed by atoms with E-state index >= 15 is 0 Å². The summed E-state index contributed by atoms with van der Waals surface area (Å²) in [5.74, 6) is 0. The third kappa shape index (κ3) is 4.60. The minimum Gasteiger partial charge on any atom is -0.380 e. The predicted molar refractivity (Wildman–Crippen MR) is 56.4 cm³/mol. The molecule has 0 radical (unpaired) electrons. The minimum atomic E-state index is 0.214. The van der Waals surface area contributed by atoms with E-state index in [2.05, 4.69) is 40.3 Å². The van der Waals surface area contributed by atoms with Gasteiger partial charge in [-0.1, -0.05) is 0 Å². The molecule has 0 aliphatic heterocycles. The molecule has 0 rings (SSSR count).